The average molecular weight is 338 g/mol. The molecule has 0 aromatic heterocycles. The molecule has 5 heteroatoms. The molecule has 1 N–H and O–H groups in total. The van der Waals surface area contributed by atoms with Crippen LogP contribution in [0.3, 0.4) is 0 Å². The molecule has 2 aromatic rings. The van der Waals surface area contributed by atoms with Crippen LogP contribution in [0.1, 0.15) is 17.5 Å². The Kier molecular flexibility index (Phi) is 4.74. The fraction of sp³-hybridized carbons (Fsp3) is 0.300. The molecule has 1 fully saturated rings. The summed E-state index contributed by atoms with van der Waals surface area (Å²) in [5.74, 6) is 0.157. The fourth-order valence-electron chi connectivity index (χ4n) is 3.07. The zero-order valence-electron chi connectivity index (χ0n) is 14.7. The highest BCUT2D eigenvalue weighted by Crippen LogP contribution is 2.29. The zero-order chi connectivity index (χ0) is 18.0. The Morgan fingerprint density at radius 1 is 1.20 bits per heavy atom. The first kappa shape index (κ1) is 17.0. The Hall–Kier alpha value is -2.82. The maximum Gasteiger partial charge on any atom is 0.229 e. The molecule has 0 unspecified atom stereocenters. The third-order valence-electron chi connectivity index (χ3n) is 4.49. The van der Waals surface area contributed by atoms with Gasteiger partial charge in [-0.25, -0.2) is 0 Å². The molecule has 0 aliphatic carbocycles. The van der Waals surface area contributed by atoms with Gasteiger partial charge in [0.25, 0.3) is 0 Å². The van der Waals surface area contributed by atoms with Gasteiger partial charge in [0.05, 0.1) is 13.0 Å². The number of hydrogen-bond donors (Lipinski definition) is 1. The van der Waals surface area contributed by atoms with Crippen molar-refractivity contribution in [1.82, 2.24) is 0 Å². The van der Waals surface area contributed by atoms with E-state index in [1.54, 1.807) is 24.1 Å². The molecule has 1 aliphatic heterocycles. The van der Waals surface area contributed by atoms with Gasteiger partial charge in [-0.3, -0.25) is 9.59 Å². The predicted octanol–water partition coefficient (Wildman–Crippen LogP) is 3.30. The highest BCUT2D eigenvalue weighted by molar-refractivity contribution is 6.03. The van der Waals surface area contributed by atoms with Gasteiger partial charge < -0.3 is 15.0 Å². The van der Waals surface area contributed by atoms with E-state index in [1.165, 1.54) is 0 Å². The molecular weight excluding hydrogens is 316 g/mol. The first-order valence-corrected chi connectivity index (χ1v) is 8.30. The van der Waals surface area contributed by atoms with Gasteiger partial charge in [0.1, 0.15) is 5.75 Å². The van der Waals surface area contributed by atoms with E-state index in [0.29, 0.717) is 18.0 Å². The number of nitrogens with zero attached hydrogens (tertiary/aromatic N) is 1. The van der Waals surface area contributed by atoms with Gasteiger partial charge in [-0.2, -0.15) is 0 Å². The van der Waals surface area contributed by atoms with Crippen molar-refractivity contribution >= 4 is 23.2 Å². The number of nitrogens with one attached hydrogen (secondary N) is 1. The summed E-state index contributed by atoms with van der Waals surface area (Å²) in [6.07, 6.45) is 0.225. The summed E-state index contributed by atoms with van der Waals surface area (Å²) in [5.41, 5.74) is 3.69. The molecule has 0 bridgehead atoms. The van der Waals surface area contributed by atoms with Crippen molar-refractivity contribution in [2.75, 3.05) is 23.9 Å². The SMILES string of the molecule is COc1cccc(NC(=O)[C@@H]2CC(=O)N(c3cc(C)ccc3C)C2)c1. The summed E-state index contributed by atoms with van der Waals surface area (Å²) in [6.45, 7) is 4.38. The van der Waals surface area contributed by atoms with E-state index in [2.05, 4.69) is 5.32 Å². The summed E-state index contributed by atoms with van der Waals surface area (Å²) in [5, 5.41) is 2.88. The molecule has 3 rings (SSSR count). The van der Waals surface area contributed by atoms with E-state index in [1.807, 2.05) is 44.2 Å². The monoisotopic (exact) mass is 338 g/mol. The van der Waals surface area contributed by atoms with Crippen LogP contribution in [0.15, 0.2) is 42.5 Å². The van der Waals surface area contributed by atoms with Crippen molar-refractivity contribution in [1.29, 1.82) is 0 Å². The summed E-state index contributed by atoms with van der Waals surface area (Å²) >= 11 is 0. The van der Waals surface area contributed by atoms with Crippen molar-refractivity contribution in [2.45, 2.75) is 20.3 Å². The van der Waals surface area contributed by atoms with Crippen LogP contribution in [0.4, 0.5) is 11.4 Å². The minimum absolute atomic E-state index is 0.0144. The number of aryl methyl sites for hydroxylation is 2. The molecule has 1 heterocycles. The number of amides is 2. The van der Waals surface area contributed by atoms with Crippen molar-refractivity contribution in [3.05, 3.63) is 53.6 Å². The fourth-order valence-corrected chi connectivity index (χ4v) is 3.07. The van der Waals surface area contributed by atoms with Crippen LogP contribution in [-0.4, -0.2) is 25.5 Å². The van der Waals surface area contributed by atoms with Crippen LogP contribution >= 0.6 is 0 Å². The highest BCUT2D eigenvalue weighted by Gasteiger charge is 2.35. The van der Waals surface area contributed by atoms with Crippen LogP contribution in [0.5, 0.6) is 5.75 Å². The summed E-state index contributed by atoms with van der Waals surface area (Å²) in [7, 11) is 1.58. The van der Waals surface area contributed by atoms with Crippen molar-refractivity contribution in [2.24, 2.45) is 5.92 Å². The number of anilines is 2. The van der Waals surface area contributed by atoms with Crippen molar-refractivity contribution in [3.8, 4) is 5.75 Å². The summed E-state index contributed by atoms with van der Waals surface area (Å²) in [6, 6.07) is 13.2. The Morgan fingerprint density at radius 3 is 2.76 bits per heavy atom. The molecule has 2 aromatic carbocycles. The van der Waals surface area contributed by atoms with E-state index in [9.17, 15) is 9.59 Å². The van der Waals surface area contributed by atoms with E-state index >= 15 is 0 Å². The smallest absolute Gasteiger partial charge is 0.229 e. The van der Waals surface area contributed by atoms with Crippen LogP contribution in [0, 0.1) is 19.8 Å². The second-order valence-electron chi connectivity index (χ2n) is 6.42. The molecule has 130 valence electrons. The standard InChI is InChI=1S/C20H22N2O3/c1-13-7-8-14(2)18(9-13)22-12-15(10-19(22)23)20(24)21-16-5-4-6-17(11-16)25-3/h4-9,11,15H,10,12H2,1-3H3,(H,21,24)/t15-/m1/s1. The maximum atomic E-state index is 12.6. The summed E-state index contributed by atoms with van der Waals surface area (Å²) < 4.78 is 5.16. The van der Waals surface area contributed by atoms with Gasteiger partial charge in [-0.05, 0) is 43.2 Å². The number of rotatable bonds is 4. The maximum absolute atomic E-state index is 12.6. The number of hydrogen-bond acceptors (Lipinski definition) is 3. The molecule has 1 atom stereocenters. The molecule has 1 aliphatic rings. The number of carbonyl (C=O) groups is 2. The third kappa shape index (κ3) is 3.65. The Morgan fingerprint density at radius 2 is 2.00 bits per heavy atom. The van der Waals surface area contributed by atoms with Gasteiger partial charge in [-0.15, -0.1) is 0 Å². The first-order valence-electron chi connectivity index (χ1n) is 8.30. The Bertz CT molecular complexity index is 816. The molecule has 1 saturated heterocycles. The van der Waals surface area contributed by atoms with Crippen LogP contribution in [0.25, 0.3) is 0 Å². The van der Waals surface area contributed by atoms with E-state index in [-0.39, 0.29) is 24.2 Å². The second-order valence-corrected chi connectivity index (χ2v) is 6.42. The van der Waals surface area contributed by atoms with E-state index in [4.69, 9.17) is 4.74 Å². The highest BCUT2D eigenvalue weighted by atomic mass is 16.5. The lowest BCUT2D eigenvalue weighted by Crippen LogP contribution is -2.28. The number of carbonyl (C=O) groups excluding carboxylic acids is 2. The molecule has 5 nitrogen and oxygen atoms in total. The molecular formula is C20H22N2O3. The largest absolute Gasteiger partial charge is 0.497 e. The Labute approximate surface area is 147 Å². The van der Waals surface area contributed by atoms with Gasteiger partial charge in [0.2, 0.25) is 11.8 Å². The quantitative estimate of drug-likeness (QED) is 0.930. The lowest BCUT2D eigenvalue weighted by Gasteiger charge is -2.19. The molecule has 25 heavy (non-hydrogen) atoms. The van der Waals surface area contributed by atoms with E-state index in [0.717, 1.165) is 16.8 Å². The van der Waals surface area contributed by atoms with Crippen LogP contribution in [0.2, 0.25) is 0 Å². The first-order chi connectivity index (χ1) is 12.0. The van der Waals surface area contributed by atoms with Crippen molar-refractivity contribution < 1.29 is 14.3 Å². The zero-order valence-corrected chi connectivity index (χ0v) is 14.7. The van der Waals surface area contributed by atoms with Gasteiger partial charge in [-0.1, -0.05) is 18.2 Å². The summed E-state index contributed by atoms with van der Waals surface area (Å²) in [4.78, 5) is 26.7. The minimum atomic E-state index is -0.362. The van der Waals surface area contributed by atoms with Gasteiger partial charge in [0, 0.05) is 30.4 Å². The second kappa shape index (κ2) is 6.97. The lowest BCUT2D eigenvalue weighted by molar-refractivity contribution is -0.122. The number of ether oxygens (including phenoxy) is 1. The van der Waals surface area contributed by atoms with Crippen LogP contribution < -0.4 is 15.0 Å². The van der Waals surface area contributed by atoms with Gasteiger partial charge in [0.15, 0.2) is 0 Å². The lowest BCUT2D eigenvalue weighted by atomic mass is 10.1. The molecule has 0 spiro atoms. The number of methoxy groups -OCH3 is 1. The van der Waals surface area contributed by atoms with Gasteiger partial charge >= 0.3 is 0 Å². The Balaban J connectivity index is 1.73. The third-order valence-corrected chi connectivity index (χ3v) is 4.49. The topological polar surface area (TPSA) is 58.6 Å². The number of benzene rings is 2. The van der Waals surface area contributed by atoms with Crippen LogP contribution in [-0.2, 0) is 9.59 Å². The molecule has 2 amide bonds. The average Bonchev–Trinajstić information content (AvgIpc) is 2.99. The predicted molar refractivity (Wildman–Crippen MR) is 98.0 cm³/mol. The molecule has 0 radical (unpaired) electrons. The van der Waals surface area contributed by atoms with Crippen molar-refractivity contribution in [3.63, 3.8) is 0 Å². The normalized spacial score (nSPS) is 16.8. The van der Waals surface area contributed by atoms with E-state index < -0.39 is 0 Å². The molecule has 0 saturated carbocycles. The minimum Gasteiger partial charge on any atom is -0.497 e.